The lowest BCUT2D eigenvalue weighted by Gasteiger charge is -2.19. The highest BCUT2D eigenvalue weighted by atomic mass is 32.2. The third kappa shape index (κ3) is 6.74. The van der Waals surface area contributed by atoms with Gasteiger partial charge in [0.15, 0.2) is 5.16 Å². The average Bonchev–Trinajstić information content (AvgIpc) is 2.60. The summed E-state index contributed by atoms with van der Waals surface area (Å²) in [7, 11) is 0. The van der Waals surface area contributed by atoms with Gasteiger partial charge in [-0.1, -0.05) is 11.8 Å². The molecule has 2 aromatic rings. The van der Waals surface area contributed by atoms with Crippen LogP contribution in [-0.2, 0) is 22.1 Å². The molecule has 2 rings (SSSR count). The lowest BCUT2D eigenvalue weighted by atomic mass is 10.1. The number of rotatable bonds is 5. The van der Waals surface area contributed by atoms with Gasteiger partial charge in [0.2, 0.25) is 0 Å². The Labute approximate surface area is 170 Å². The van der Waals surface area contributed by atoms with Gasteiger partial charge in [-0.3, -0.25) is 9.59 Å². The van der Waals surface area contributed by atoms with E-state index in [2.05, 4.69) is 15.3 Å². The smallest absolute Gasteiger partial charge is 0.416 e. The van der Waals surface area contributed by atoms with Gasteiger partial charge in [-0.2, -0.15) is 13.2 Å². The van der Waals surface area contributed by atoms with E-state index in [1.807, 2.05) is 0 Å². The Kier molecular flexibility index (Phi) is 6.89. The van der Waals surface area contributed by atoms with Crippen LogP contribution >= 0.6 is 11.8 Å². The first-order chi connectivity index (χ1) is 13.4. The number of anilines is 1. The number of benzene rings is 1. The topological polar surface area (TPSA) is 81.2 Å². The zero-order valence-electron chi connectivity index (χ0n) is 16.3. The van der Waals surface area contributed by atoms with Crippen molar-refractivity contribution < 1.29 is 27.5 Å². The van der Waals surface area contributed by atoms with Crippen LogP contribution in [0.25, 0.3) is 0 Å². The molecule has 0 radical (unpaired) electrons. The van der Waals surface area contributed by atoms with Crippen molar-refractivity contribution in [1.29, 1.82) is 0 Å². The van der Waals surface area contributed by atoms with Crippen LogP contribution in [0.2, 0.25) is 0 Å². The normalized spacial score (nSPS) is 11.8. The molecule has 6 nitrogen and oxygen atoms in total. The Morgan fingerprint density at radius 3 is 2.28 bits per heavy atom. The molecule has 0 spiro atoms. The van der Waals surface area contributed by atoms with Crippen LogP contribution in [0.5, 0.6) is 0 Å². The number of aromatic nitrogens is 2. The SMILES string of the molecule is CSc1ncc(CC(=O)OC(C)(C)C)c(C(=O)Nc2ccc(C(F)(F)F)cc2)n1. The second-order valence-electron chi connectivity index (χ2n) is 7.02. The van der Waals surface area contributed by atoms with E-state index in [0.717, 1.165) is 24.3 Å². The summed E-state index contributed by atoms with van der Waals surface area (Å²) in [6.45, 7) is 5.16. The number of amides is 1. The molecule has 0 saturated carbocycles. The average molecular weight is 427 g/mol. The standard InChI is InChI=1S/C19H20F3N3O3S/c1-18(2,3)28-14(26)9-11-10-23-17(29-4)25-15(11)16(27)24-13-7-5-12(6-8-13)19(20,21)22/h5-8,10H,9H2,1-4H3,(H,24,27). The summed E-state index contributed by atoms with van der Waals surface area (Å²) in [4.78, 5) is 33.0. The molecule has 0 bridgehead atoms. The Hall–Kier alpha value is -2.62. The molecule has 0 unspecified atom stereocenters. The van der Waals surface area contributed by atoms with Crippen molar-refractivity contribution >= 4 is 29.3 Å². The number of ether oxygens (including phenoxy) is 1. The fourth-order valence-electron chi connectivity index (χ4n) is 2.28. The highest BCUT2D eigenvalue weighted by molar-refractivity contribution is 7.98. The van der Waals surface area contributed by atoms with Crippen LogP contribution in [0.4, 0.5) is 18.9 Å². The van der Waals surface area contributed by atoms with Crippen LogP contribution in [0, 0.1) is 0 Å². The van der Waals surface area contributed by atoms with Gasteiger partial charge in [0.05, 0.1) is 12.0 Å². The van der Waals surface area contributed by atoms with E-state index in [4.69, 9.17) is 4.74 Å². The number of nitrogens with zero attached hydrogens (tertiary/aromatic N) is 2. The summed E-state index contributed by atoms with van der Waals surface area (Å²) < 4.78 is 43.3. The van der Waals surface area contributed by atoms with E-state index >= 15 is 0 Å². The number of halogens is 3. The maximum atomic E-state index is 12.7. The summed E-state index contributed by atoms with van der Waals surface area (Å²) >= 11 is 1.21. The Bertz CT molecular complexity index is 894. The van der Waals surface area contributed by atoms with Crippen LogP contribution in [0.3, 0.4) is 0 Å². The highest BCUT2D eigenvalue weighted by Gasteiger charge is 2.30. The molecule has 0 atom stereocenters. The minimum atomic E-state index is -4.47. The number of hydrogen-bond acceptors (Lipinski definition) is 6. The quantitative estimate of drug-likeness (QED) is 0.434. The minimum Gasteiger partial charge on any atom is -0.460 e. The monoisotopic (exact) mass is 427 g/mol. The maximum absolute atomic E-state index is 12.7. The second kappa shape index (κ2) is 8.81. The molecule has 1 N–H and O–H groups in total. The fraction of sp³-hybridized carbons (Fsp3) is 0.368. The van der Waals surface area contributed by atoms with Crippen molar-refractivity contribution in [3.8, 4) is 0 Å². The third-order valence-electron chi connectivity index (χ3n) is 3.46. The summed E-state index contributed by atoms with van der Waals surface area (Å²) in [5, 5.41) is 2.81. The largest absolute Gasteiger partial charge is 0.460 e. The van der Waals surface area contributed by atoms with Crippen molar-refractivity contribution in [1.82, 2.24) is 9.97 Å². The second-order valence-corrected chi connectivity index (χ2v) is 7.80. The number of carbonyl (C=O) groups excluding carboxylic acids is 2. The highest BCUT2D eigenvalue weighted by Crippen LogP contribution is 2.30. The molecular weight excluding hydrogens is 407 g/mol. The molecule has 10 heteroatoms. The molecule has 29 heavy (non-hydrogen) atoms. The first-order valence-electron chi connectivity index (χ1n) is 8.49. The molecule has 1 aromatic heterocycles. The predicted octanol–water partition coefficient (Wildman–Crippen LogP) is 4.35. The Morgan fingerprint density at radius 1 is 1.14 bits per heavy atom. The fourth-order valence-corrected chi connectivity index (χ4v) is 2.62. The molecule has 156 valence electrons. The van der Waals surface area contributed by atoms with Gasteiger partial charge in [-0.25, -0.2) is 9.97 Å². The Balaban J connectivity index is 2.24. The summed E-state index contributed by atoms with van der Waals surface area (Å²) in [5.41, 5.74) is -1.15. The number of hydrogen-bond donors (Lipinski definition) is 1. The molecule has 0 saturated heterocycles. The summed E-state index contributed by atoms with van der Waals surface area (Å²) in [6, 6.07) is 4.02. The van der Waals surface area contributed by atoms with Gasteiger partial charge < -0.3 is 10.1 Å². The molecule has 0 fully saturated rings. The molecule has 1 amide bonds. The van der Waals surface area contributed by atoms with Gasteiger partial charge in [-0.05, 0) is 51.3 Å². The Morgan fingerprint density at radius 2 is 1.76 bits per heavy atom. The van der Waals surface area contributed by atoms with E-state index in [1.165, 1.54) is 18.0 Å². The summed E-state index contributed by atoms with van der Waals surface area (Å²) in [5.74, 6) is -1.22. The number of thioether (sulfide) groups is 1. The van der Waals surface area contributed by atoms with E-state index in [9.17, 15) is 22.8 Å². The number of carbonyl (C=O) groups is 2. The first kappa shape index (κ1) is 22.7. The van der Waals surface area contributed by atoms with Gasteiger partial charge >= 0.3 is 12.1 Å². The number of alkyl halides is 3. The van der Waals surface area contributed by atoms with E-state index < -0.39 is 29.2 Å². The van der Waals surface area contributed by atoms with Crippen molar-refractivity contribution in [2.45, 2.75) is 44.1 Å². The molecule has 1 heterocycles. The summed E-state index contributed by atoms with van der Waals surface area (Å²) in [6.07, 6.45) is -1.60. The van der Waals surface area contributed by atoms with E-state index in [-0.39, 0.29) is 23.4 Å². The molecule has 0 aliphatic heterocycles. The molecule has 1 aromatic carbocycles. The third-order valence-corrected chi connectivity index (χ3v) is 4.03. The van der Waals surface area contributed by atoms with Gasteiger partial charge in [0, 0.05) is 17.4 Å². The lowest BCUT2D eigenvalue weighted by molar-refractivity contribution is -0.154. The van der Waals surface area contributed by atoms with Crippen molar-refractivity contribution in [3.05, 3.63) is 47.3 Å². The van der Waals surface area contributed by atoms with Crippen LogP contribution < -0.4 is 5.32 Å². The van der Waals surface area contributed by atoms with Crippen molar-refractivity contribution in [2.24, 2.45) is 0 Å². The van der Waals surface area contributed by atoms with Crippen LogP contribution in [0.15, 0.2) is 35.6 Å². The first-order valence-corrected chi connectivity index (χ1v) is 9.72. The van der Waals surface area contributed by atoms with Crippen LogP contribution in [-0.4, -0.2) is 33.7 Å². The number of nitrogens with one attached hydrogen (secondary N) is 1. The molecular formula is C19H20F3N3O3S. The lowest BCUT2D eigenvalue weighted by Crippen LogP contribution is -2.26. The van der Waals surface area contributed by atoms with Crippen molar-refractivity contribution in [2.75, 3.05) is 11.6 Å². The van der Waals surface area contributed by atoms with Crippen molar-refractivity contribution in [3.63, 3.8) is 0 Å². The minimum absolute atomic E-state index is 0.0462. The zero-order valence-corrected chi connectivity index (χ0v) is 17.1. The maximum Gasteiger partial charge on any atom is 0.416 e. The van der Waals surface area contributed by atoms with Gasteiger partial charge in [-0.15, -0.1) is 0 Å². The van der Waals surface area contributed by atoms with Crippen LogP contribution in [0.1, 0.15) is 42.4 Å². The predicted molar refractivity (Wildman–Crippen MR) is 103 cm³/mol. The van der Waals surface area contributed by atoms with Gasteiger partial charge in [0.1, 0.15) is 11.3 Å². The van der Waals surface area contributed by atoms with Gasteiger partial charge in [0.25, 0.3) is 5.91 Å². The molecule has 0 aliphatic carbocycles. The molecule has 0 aliphatic rings. The van der Waals surface area contributed by atoms with E-state index in [0.29, 0.717) is 5.16 Å². The zero-order chi connectivity index (χ0) is 21.8. The number of esters is 1. The van der Waals surface area contributed by atoms with E-state index in [1.54, 1.807) is 27.0 Å².